The van der Waals surface area contributed by atoms with E-state index in [4.69, 9.17) is 0 Å². The van der Waals surface area contributed by atoms with Gasteiger partial charge in [0.25, 0.3) is 5.91 Å². The Labute approximate surface area is 177 Å². The number of hydrogen-bond acceptors (Lipinski definition) is 5. The number of pyridine rings is 1. The molecule has 2 aliphatic rings. The van der Waals surface area contributed by atoms with Crippen molar-refractivity contribution in [1.29, 1.82) is 0 Å². The van der Waals surface area contributed by atoms with Crippen molar-refractivity contribution in [3.8, 4) is 5.75 Å². The van der Waals surface area contributed by atoms with E-state index >= 15 is 0 Å². The van der Waals surface area contributed by atoms with Gasteiger partial charge in [-0.25, -0.2) is 8.78 Å². The standard InChI is InChI=1S/C22H23F2N3O4/c1-3-25-21(31)18-20(30)19(29)15(12-26(18)27-10-4-9-22(25,27)2)17(28)8-6-13-5-7-14(23)11-16(13)24/h5,7,11-12,30H,3-4,6,8-10H2,1-2H3/t22-/m0/s1. The van der Waals surface area contributed by atoms with Gasteiger partial charge in [-0.1, -0.05) is 6.07 Å². The van der Waals surface area contributed by atoms with Crippen molar-refractivity contribution in [3.63, 3.8) is 0 Å². The fourth-order valence-electron chi connectivity index (χ4n) is 4.66. The van der Waals surface area contributed by atoms with Gasteiger partial charge in [0.2, 0.25) is 5.43 Å². The molecule has 9 heteroatoms. The summed E-state index contributed by atoms with van der Waals surface area (Å²) in [5.74, 6) is -3.31. The molecule has 0 saturated carbocycles. The fraction of sp³-hybridized carbons (Fsp3) is 0.409. The molecule has 1 aromatic heterocycles. The number of Topliss-reactive ketones (excluding diaryl/α,β-unsaturated/α-hetero) is 1. The second kappa shape index (κ2) is 7.47. The van der Waals surface area contributed by atoms with Crippen LogP contribution < -0.4 is 10.4 Å². The highest BCUT2D eigenvalue weighted by Crippen LogP contribution is 2.37. The average molecular weight is 431 g/mol. The zero-order chi connectivity index (χ0) is 22.5. The largest absolute Gasteiger partial charge is 0.502 e. The molecule has 1 saturated heterocycles. The number of halogens is 2. The van der Waals surface area contributed by atoms with E-state index in [1.54, 1.807) is 4.90 Å². The number of carbonyl (C=O) groups is 2. The Morgan fingerprint density at radius 2 is 2.00 bits per heavy atom. The minimum absolute atomic E-state index is 0.0309. The molecule has 1 fully saturated rings. The summed E-state index contributed by atoms with van der Waals surface area (Å²) in [5, 5.41) is 12.4. The summed E-state index contributed by atoms with van der Waals surface area (Å²) in [6.45, 7) is 4.74. The number of aromatic nitrogens is 1. The summed E-state index contributed by atoms with van der Waals surface area (Å²) in [7, 11) is 0. The summed E-state index contributed by atoms with van der Waals surface area (Å²) in [6.07, 6.45) is 2.58. The number of carbonyl (C=O) groups excluding carboxylic acids is 2. The highest BCUT2D eigenvalue weighted by molar-refractivity contribution is 6.00. The maximum atomic E-state index is 13.9. The van der Waals surface area contributed by atoms with Crippen LogP contribution >= 0.6 is 0 Å². The average Bonchev–Trinajstić information content (AvgIpc) is 3.11. The Morgan fingerprint density at radius 1 is 1.26 bits per heavy atom. The Kier molecular flexibility index (Phi) is 5.07. The third-order valence-electron chi connectivity index (χ3n) is 6.28. The molecule has 1 amide bonds. The first-order chi connectivity index (χ1) is 14.7. The van der Waals surface area contributed by atoms with Crippen molar-refractivity contribution >= 4 is 11.7 Å². The molecule has 4 rings (SSSR count). The maximum Gasteiger partial charge on any atom is 0.278 e. The second-order valence-corrected chi connectivity index (χ2v) is 8.07. The predicted molar refractivity (Wildman–Crippen MR) is 109 cm³/mol. The number of rotatable bonds is 5. The van der Waals surface area contributed by atoms with E-state index < -0.39 is 40.2 Å². The molecule has 164 valence electrons. The van der Waals surface area contributed by atoms with Gasteiger partial charge in [-0.3, -0.25) is 24.1 Å². The molecule has 1 aromatic carbocycles. The van der Waals surface area contributed by atoms with Crippen molar-refractivity contribution in [3.05, 3.63) is 63.1 Å². The van der Waals surface area contributed by atoms with Crippen LogP contribution in [0.5, 0.6) is 5.75 Å². The highest BCUT2D eigenvalue weighted by Gasteiger charge is 2.50. The van der Waals surface area contributed by atoms with Crippen LogP contribution in [0.4, 0.5) is 8.78 Å². The minimum atomic E-state index is -0.928. The van der Waals surface area contributed by atoms with Gasteiger partial charge in [0.15, 0.2) is 17.2 Å². The van der Waals surface area contributed by atoms with E-state index in [1.165, 1.54) is 16.9 Å². The topological polar surface area (TPSA) is 82.9 Å². The number of hydrogen-bond donors (Lipinski definition) is 1. The number of aromatic hydroxyl groups is 1. The number of fused-ring (bicyclic) bond motifs is 3. The van der Waals surface area contributed by atoms with E-state index in [2.05, 4.69) is 0 Å². The Bertz CT molecular complexity index is 1150. The molecule has 0 unspecified atom stereocenters. The Morgan fingerprint density at radius 3 is 2.68 bits per heavy atom. The summed E-state index contributed by atoms with van der Waals surface area (Å²) in [5.41, 5.74) is -1.83. The summed E-state index contributed by atoms with van der Waals surface area (Å²) < 4.78 is 28.4. The van der Waals surface area contributed by atoms with Crippen LogP contribution in [0.1, 0.15) is 59.5 Å². The van der Waals surface area contributed by atoms with Crippen LogP contribution in [0, 0.1) is 11.6 Å². The summed E-state index contributed by atoms with van der Waals surface area (Å²) >= 11 is 0. The second-order valence-electron chi connectivity index (χ2n) is 8.07. The number of aryl methyl sites for hydroxylation is 1. The van der Waals surface area contributed by atoms with E-state index in [0.717, 1.165) is 18.6 Å². The molecule has 0 radical (unpaired) electrons. The van der Waals surface area contributed by atoms with Crippen molar-refractivity contribution in [2.75, 3.05) is 18.1 Å². The number of ketones is 1. The van der Waals surface area contributed by atoms with E-state index in [-0.39, 0.29) is 29.7 Å². The van der Waals surface area contributed by atoms with Crippen LogP contribution in [0.2, 0.25) is 0 Å². The van der Waals surface area contributed by atoms with Crippen molar-refractivity contribution in [2.24, 2.45) is 0 Å². The van der Waals surface area contributed by atoms with Crippen LogP contribution in [-0.4, -0.2) is 45.1 Å². The third-order valence-corrected chi connectivity index (χ3v) is 6.28. The summed E-state index contributed by atoms with van der Waals surface area (Å²) in [4.78, 5) is 40.2. The van der Waals surface area contributed by atoms with Crippen LogP contribution in [0.3, 0.4) is 0 Å². The molecule has 0 aliphatic carbocycles. The molecular weight excluding hydrogens is 408 g/mol. The molecule has 31 heavy (non-hydrogen) atoms. The minimum Gasteiger partial charge on any atom is -0.502 e. The van der Waals surface area contributed by atoms with Crippen molar-refractivity contribution in [2.45, 2.75) is 45.2 Å². The lowest BCUT2D eigenvalue weighted by atomic mass is 10.0. The van der Waals surface area contributed by atoms with E-state index in [0.29, 0.717) is 19.5 Å². The van der Waals surface area contributed by atoms with Crippen LogP contribution in [0.15, 0.2) is 29.2 Å². The van der Waals surface area contributed by atoms with Gasteiger partial charge in [-0.05, 0) is 44.7 Å². The first-order valence-corrected chi connectivity index (χ1v) is 10.2. The number of nitrogens with zero attached hydrogens (tertiary/aromatic N) is 3. The van der Waals surface area contributed by atoms with Gasteiger partial charge in [0.1, 0.15) is 17.3 Å². The van der Waals surface area contributed by atoms with E-state index in [1.807, 2.05) is 18.9 Å². The van der Waals surface area contributed by atoms with Crippen LogP contribution in [0.25, 0.3) is 0 Å². The van der Waals surface area contributed by atoms with Crippen molar-refractivity contribution < 1.29 is 23.5 Å². The molecule has 1 N–H and O–H groups in total. The lowest BCUT2D eigenvalue weighted by Crippen LogP contribution is -2.66. The van der Waals surface area contributed by atoms with Crippen LogP contribution in [-0.2, 0) is 6.42 Å². The van der Waals surface area contributed by atoms with Gasteiger partial charge >= 0.3 is 0 Å². The molecule has 2 aliphatic heterocycles. The van der Waals surface area contributed by atoms with Gasteiger partial charge < -0.3 is 10.0 Å². The Hall–Kier alpha value is -3.23. The van der Waals surface area contributed by atoms with Gasteiger partial charge in [0, 0.05) is 31.8 Å². The Balaban J connectivity index is 1.71. The van der Waals surface area contributed by atoms with Gasteiger partial charge in [0.05, 0.1) is 5.56 Å². The van der Waals surface area contributed by atoms with Gasteiger partial charge in [-0.2, -0.15) is 0 Å². The lowest BCUT2D eigenvalue weighted by molar-refractivity contribution is 0.0398. The quantitative estimate of drug-likeness (QED) is 0.736. The first-order valence-electron chi connectivity index (χ1n) is 10.2. The van der Waals surface area contributed by atoms with Crippen molar-refractivity contribution in [1.82, 2.24) is 9.58 Å². The highest BCUT2D eigenvalue weighted by atomic mass is 19.1. The first kappa shape index (κ1) is 21.0. The fourth-order valence-corrected chi connectivity index (χ4v) is 4.66. The monoisotopic (exact) mass is 431 g/mol. The van der Waals surface area contributed by atoms with Gasteiger partial charge in [-0.15, -0.1) is 0 Å². The van der Waals surface area contributed by atoms with E-state index in [9.17, 15) is 28.3 Å². The zero-order valence-electron chi connectivity index (χ0n) is 17.3. The predicted octanol–water partition coefficient (Wildman–Crippen LogP) is 2.57. The molecule has 1 atom stereocenters. The SMILES string of the molecule is CCN1C(=O)c2c(O)c(=O)c(C(=O)CCc3ccc(F)cc3F)cn2N2CCC[C@@]12C. The molecule has 0 spiro atoms. The molecule has 2 aromatic rings. The third kappa shape index (κ3) is 3.19. The molecule has 0 bridgehead atoms. The normalized spacial score (nSPS) is 20.1. The molecule has 7 nitrogen and oxygen atoms in total. The maximum absolute atomic E-state index is 13.9. The summed E-state index contributed by atoms with van der Waals surface area (Å²) in [6, 6.07) is 3.09. The molecular formula is C22H23F2N3O4. The molecule has 3 heterocycles. The lowest BCUT2D eigenvalue weighted by Gasteiger charge is -2.50. The number of amides is 1. The zero-order valence-corrected chi connectivity index (χ0v) is 17.3. The smallest absolute Gasteiger partial charge is 0.278 e. The number of benzene rings is 1.